The molecular weight excluding hydrogens is 314 g/mol. The number of aromatic nitrogens is 1. The molecular formula is C20H29N3O2. The van der Waals surface area contributed by atoms with Crippen LogP contribution in [0.25, 0.3) is 0 Å². The van der Waals surface area contributed by atoms with E-state index in [2.05, 4.69) is 34.7 Å². The van der Waals surface area contributed by atoms with Crippen molar-refractivity contribution in [2.45, 2.75) is 33.2 Å². The second kappa shape index (κ2) is 7.67. The maximum atomic E-state index is 11.9. The van der Waals surface area contributed by atoms with Crippen LogP contribution in [0.5, 0.6) is 0 Å². The van der Waals surface area contributed by atoms with Crippen LogP contribution in [0.4, 0.5) is 0 Å². The molecule has 1 aromatic rings. The number of rotatable bonds is 5. The minimum atomic E-state index is -0.638. The van der Waals surface area contributed by atoms with Gasteiger partial charge in [-0.15, -0.1) is 0 Å². The largest absolute Gasteiger partial charge is 0.481 e. The normalized spacial score (nSPS) is 23.7. The molecule has 1 aromatic heterocycles. The van der Waals surface area contributed by atoms with Crippen LogP contribution in [0.1, 0.15) is 32.4 Å². The number of pyridine rings is 1. The zero-order valence-corrected chi connectivity index (χ0v) is 15.3. The van der Waals surface area contributed by atoms with Gasteiger partial charge in [0.1, 0.15) is 0 Å². The fourth-order valence-electron chi connectivity index (χ4n) is 4.25. The van der Waals surface area contributed by atoms with E-state index in [1.807, 2.05) is 18.2 Å². The van der Waals surface area contributed by atoms with Crippen LogP contribution >= 0.6 is 0 Å². The Balaban J connectivity index is 1.65. The molecule has 0 aliphatic carbocycles. The van der Waals surface area contributed by atoms with E-state index in [0.29, 0.717) is 6.54 Å². The summed E-state index contributed by atoms with van der Waals surface area (Å²) in [4.78, 5) is 21.0. The second-order valence-electron chi connectivity index (χ2n) is 7.83. The summed E-state index contributed by atoms with van der Waals surface area (Å²) in [5, 5.41) is 9.79. The monoisotopic (exact) mass is 343 g/mol. The van der Waals surface area contributed by atoms with E-state index in [4.69, 9.17) is 0 Å². The first kappa shape index (κ1) is 18.1. The molecule has 1 spiro atoms. The molecule has 0 amide bonds. The lowest BCUT2D eigenvalue weighted by molar-refractivity contribution is -0.145. The smallest absolute Gasteiger partial charge is 0.308 e. The van der Waals surface area contributed by atoms with E-state index in [1.165, 1.54) is 5.57 Å². The summed E-state index contributed by atoms with van der Waals surface area (Å²) in [5.74, 6) is -0.900. The first-order chi connectivity index (χ1) is 12.0. The SMILES string of the molecule is CC(C)=CCN1CCC2(CC1)CN(Cc1ccccn1)CC2C(=O)O. The molecule has 0 saturated carbocycles. The van der Waals surface area contributed by atoms with Crippen LogP contribution in [-0.4, -0.2) is 58.6 Å². The average molecular weight is 343 g/mol. The standard InChI is InChI=1S/C20H29N3O2/c1-16(2)6-10-22-11-7-20(8-12-22)15-23(14-18(20)19(24)25)13-17-5-3-4-9-21-17/h3-6,9,18H,7-8,10-15H2,1-2H3,(H,24,25). The highest BCUT2D eigenvalue weighted by molar-refractivity contribution is 5.72. The fraction of sp³-hybridized carbons (Fsp3) is 0.600. The maximum absolute atomic E-state index is 11.9. The number of hydrogen-bond donors (Lipinski definition) is 1. The second-order valence-corrected chi connectivity index (χ2v) is 7.83. The zero-order chi connectivity index (χ0) is 17.9. The highest BCUT2D eigenvalue weighted by atomic mass is 16.4. The Labute approximate surface area is 150 Å². The van der Waals surface area contributed by atoms with E-state index in [1.54, 1.807) is 6.20 Å². The van der Waals surface area contributed by atoms with Gasteiger partial charge in [-0.1, -0.05) is 17.7 Å². The van der Waals surface area contributed by atoms with Gasteiger partial charge in [-0.3, -0.25) is 19.6 Å². The molecule has 136 valence electrons. The topological polar surface area (TPSA) is 56.7 Å². The molecule has 0 radical (unpaired) electrons. The Morgan fingerprint density at radius 2 is 2.08 bits per heavy atom. The summed E-state index contributed by atoms with van der Waals surface area (Å²) in [6, 6.07) is 5.92. The minimum absolute atomic E-state index is 0.0813. The van der Waals surface area contributed by atoms with Gasteiger partial charge in [0.2, 0.25) is 0 Å². The summed E-state index contributed by atoms with van der Waals surface area (Å²) in [6.07, 6.45) is 6.00. The molecule has 0 aromatic carbocycles. The van der Waals surface area contributed by atoms with Crippen molar-refractivity contribution >= 4 is 5.97 Å². The highest BCUT2D eigenvalue weighted by Crippen LogP contribution is 2.45. The molecule has 0 bridgehead atoms. The number of carbonyl (C=O) groups is 1. The Kier molecular flexibility index (Phi) is 5.54. The quantitative estimate of drug-likeness (QED) is 0.833. The van der Waals surface area contributed by atoms with Crippen molar-refractivity contribution in [1.29, 1.82) is 0 Å². The molecule has 5 nitrogen and oxygen atoms in total. The lowest BCUT2D eigenvalue weighted by Gasteiger charge is -2.41. The van der Waals surface area contributed by atoms with E-state index < -0.39 is 5.97 Å². The molecule has 2 aliphatic heterocycles. The average Bonchev–Trinajstić information content (AvgIpc) is 2.93. The number of piperidine rings is 1. The molecule has 1 N–H and O–H groups in total. The van der Waals surface area contributed by atoms with Crippen LogP contribution in [0, 0.1) is 11.3 Å². The van der Waals surface area contributed by atoms with Gasteiger partial charge >= 0.3 is 5.97 Å². The molecule has 5 heteroatoms. The maximum Gasteiger partial charge on any atom is 0.308 e. The van der Waals surface area contributed by atoms with E-state index in [-0.39, 0.29) is 11.3 Å². The van der Waals surface area contributed by atoms with Crippen molar-refractivity contribution in [3.63, 3.8) is 0 Å². The molecule has 3 heterocycles. The number of hydrogen-bond acceptors (Lipinski definition) is 4. The lowest BCUT2D eigenvalue weighted by Crippen LogP contribution is -2.46. The van der Waals surface area contributed by atoms with Gasteiger partial charge in [0.05, 0.1) is 11.6 Å². The first-order valence-corrected chi connectivity index (χ1v) is 9.19. The van der Waals surface area contributed by atoms with E-state index in [9.17, 15) is 9.90 Å². The Hall–Kier alpha value is -1.72. The predicted molar refractivity (Wildman–Crippen MR) is 98.2 cm³/mol. The zero-order valence-electron chi connectivity index (χ0n) is 15.3. The van der Waals surface area contributed by atoms with Crippen molar-refractivity contribution in [2.24, 2.45) is 11.3 Å². The number of likely N-dealkylation sites (tertiary alicyclic amines) is 2. The Morgan fingerprint density at radius 3 is 2.68 bits per heavy atom. The van der Waals surface area contributed by atoms with Gasteiger partial charge < -0.3 is 5.11 Å². The first-order valence-electron chi connectivity index (χ1n) is 9.19. The van der Waals surface area contributed by atoms with Gasteiger partial charge in [0, 0.05) is 37.8 Å². The number of allylic oxidation sites excluding steroid dienone is 1. The molecule has 2 fully saturated rings. The van der Waals surface area contributed by atoms with Crippen LogP contribution in [0.3, 0.4) is 0 Å². The van der Waals surface area contributed by atoms with Gasteiger partial charge in [-0.05, 0) is 51.9 Å². The van der Waals surface area contributed by atoms with Crippen LogP contribution in [0.2, 0.25) is 0 Å². The molecule has 25 heavy (non-hydrogen) atoms. The predicted octanol–water partition coefficient (Wildman–Crippen LogP) is 2.65. The molecule has 1 atom stereocenters. The van der Waals surface area contributed by atoms with Crippen LogP contribution < -0.4 is 0 Å². The van der Waals surface area contributed by atoms with Gasteiger partial charge in [-0.2, -0.15) is 0 Å². The number of aliphatic carboxylic acids is 1. The van der Waals surface area contributed by atoms with Gasteiger partial charge in [0.25, 0.3) is 0 Å². The van der Waals surface area contributed by atoms with Crippen molar-refractivity contribution in [2.75, 3.05) is 32.7 Å². The summed E-state index contributed by atoms with van der Waals surface area (Å²) < 4.78 is 0. The van der Waals surface area contributed by atoms with Crippen LogP contribution in [-0.2, 0) is 11.3 Å². The van der Waals surface area contributed by atoms with Crippen LogP contribution in [0.15, 0.2) is 36.0 Å². The van der Waals surface area contributed by atoms with Gasteiger partial charge in [0.15, 0.2) is 0 Å². The highest BCUT2D eigenvalue weighted by Gasteiger charge is 2.51. The number of nitrogens with zero attached hydrogens (tertiary/aromatic N) is 3. The minimum Gasteiger partial charge on any atom is -0.481 e. The molecule has 1 unspecified atom stereocenters. The third-order valence-corrected chi connectivity index (χ3v) is 5.74. The van der Waals surface area contributed by atoms with Crippen molar-refractivity contribution in [3.8, 4) is 0 Å². The lowest BCUT2D eigenvalue weighted by atomic mass is 9.71. The van der Waals surface area contributed by atoms with E-state index >= 15 is 0 Å². The third-order valence-electron chi connectivity index (χ3n) is 5.74. The molecule has 3 rings (SSSR count). The molecule has 2 aliphatic rings. The summed E-state index contributed by atoms with van der Waals surface area (Å²) in [5.41, 5.74) is 2.28. The fourth-order valence-corrected chi connectivity index (χ4v) is 4.25. The third kappa shape index (κ3) is 4.28. The summed E-state index contributed by atoms with van der Waals surface area (Å²) >= 11 is 0. The van der Waals surface area contributed by atoms with E-state index in [0.717, 1.165) is 51.3 Å². The van der Waals surface area contributed by atoms with Crippen molar-refractivity contribution in [3.05, 3.63) is 41.7 Å². The van der Waals surface area contributed by atoms with Crippen molar-refractivity contribution in [1.82, 2.24) is 14.8 Å². The van der Waals surface area contributed by atoms with Crippen molar-refractivity contribution < 1.29 is 9.90 Å². The van der Waals surface area contributed by atoms with Gasteiger partial charge in [-0.25, -0.2) is 0 Å². The number of carboxylic acids is 1. The summed E-state index contributed by atoms with van der Waals surface area (Å²) in [6.45, 7) is 9.46. The Bertz CT molecular complexity index is 617. The summed E-state index contributed by atoms with van der Waals surface area (Å²) in [7, 11) is 0. The number of carboxylic acid groups (broad SMARTS) is 1. The Morgan fingerprint density at radius 1 is 1.32 bits per heavy atom. The molecule has 2 saturated heterocycles.